The van der Waals surface area contributed by atoms with Gasteiger partial charge in [0.05, 0.1) is 0 Å². The van der Waals surface area contributed by atoms with Crippen molar-refractivity contribution in [3.05, 3.63) is 29.8 Å². The Balaban J connectivity index is 2.13. The van der Waals surface area contributed by atoms with Crippen LogP contribution in [0.15, 0.2) is 24.3 Å². The van der Waals surface area contributed by atoms with Gasteiger partial charge in [-0.2, -0.15) is 0 Å². The van der Waals surface area contributed by atoms with Crippen LogP contribution in [0, 0.1) is 6.92 Å². The number of hydrogen-bond donors (Lipinski definition) is 1. The summed E-state index contributed by atoms with van der Waals surface area (Å²) in [6.07, 6.45) is 1.17. The minimum atomic E-state index is 0.383. The Labute approximate surface area is 111 Å². The third-order valence-electron chi connectivity index (χ3n) is 2.80. The second-order valence-corrected chi connectivity index (χ2v) is 5.14. The predicted molar refractivity (Wildman–Crippen MR) is 77.3 cm³/mol. The maximum Gasteiger partial charge on any atom is 0.119 e. The van der Waals surface area contributed by atoms with Crippen molar-refractivity contribution in [2.24, 2.45) is 0 Å². The predicted octanol–water partition coefficient (Wildman–Crippen LogP) is 2.30. The molecule has 3 nitrogen and oxygen atoms in total. The van der Waals surface area contributed by atoms with Crippen LogP contribution in [0.25, 0.3) is 0 Å². The van der Waals surface area contributed by atoms with Crippen molar-refractivity contribution < 1.29 is 4.74 Å². The van der Waals surface area contributed by atoms with Gasteiger partial charge in [-0.1, -0.05) is 17.7 Å². The average Bonchev–Trinajstić information content (AvgIpc) is 2.34. The molecule has 1 atom stereocenters. The van der Waals surface area contributed by atoms with Gasteiger partial charge >= 0.3 is 0 Å². The first kappa shape index (κ1) is 15.0. The minimum absolute atomic E-state index is 0.383. The molecule has 1 aromatic rings. The van der Waals surface area contributed by atoms with Crippen molar-refractivity contribution in [1.29, 1.82) is 0 Å². The average molecular weight is 250 g/mol. The monoisotopic (exact) mass is 250 g/mol. The number of nitrogens with one attached hydrogen (secondary N) is 1. The first-order valence-electron chi connectivity index (χ1n) is 6.65. The highest BCUT2D eigenvalue weighted by Crippen LogP contribution is 2.11. The van der Waals surface area contributed by atoms with Crippen molar-refractivity contribution in [2.75, 3.05) is 33.8 Å². The van der Waals surface area contributed by atoms with Crippen LogP contribution in [0.4, 0.5) is 0 Å². The number of nitrogens with zero attached hydrogens (tertiary/aromatic N) is 1. The zero-order valence-corrected chi connectivity index (χ0v) is 12.1. The Hall–Kier alpha value is -1.06. The fraction of sp³-hybridized carbons (Fsp3) is 0.600. The van der Waals surface area contributed by atoms with E-state index < -0.39 is 0 Å². The molecule has 0 aromatic heterocycles. The molecule has 1 rings (SSSR count). The topological polar surface area (TPSA) is 24.5 Å². The first-order chi connectivity index (χ1) is 8.58. The van der Waals surface area contributed by atoms with Gasteiger partial charge in [-0.25, -0.2) is 0 Å². The largest absolute Gasteiger partial charge is 0.492 e. The fourth-order valence-electron chi connectivity index (χ4n) is 1.66. The third-order valence-corrected chi connectivity index (χ3v) is 2.80. The first-order valence-corrected chi connectivity index (χ1v) is 6.65. The normalized spacial score (nSPS) is 12.7. The Morgan fingerprint density at radius 1 is 1.22 bits per heavy atom. The lowest BCUT2D eigenvalue weighted by atomic mass is 10.2. The summed E-state index contributed by atoms with van der Waals surface area (Å²) in [6, 6.07) is 8.57. The van der Waals surface area contributed by atoms with Crippen LogP contribution >= 0.6 is 0 Å². The summed E-state index contributed by atoms with van der Waals surface area (Å²) >= 11 is 0. The molecule has 0 aliphatic heterocycles. The van der Waals surface area contributed by atoms with Gasteiger partial charge in [-0.05, 0) is 59.6 Å². The smallest absolute Gasteiger partial charge is 0.119 e. The quantitative estimate of drug-likeness (QED) is 0.717. The van der Waals surface area contributed by atoms with E-state index in [1.54, 1.807) is 0 Å². The molecule has 0 aliphatic carbocycles. The molecule has 0 spiro atoms. The standard InChI is InChI=1S/C15H26N2O/c1-13-6-8-15(9-7-13)18-12-14(2)16-10-5-11-17(3)4/h6-9,14,16H,5,10-12H2,1-4H3. The molecule has 102 valence electrons. The molecule has 1 N–H and O–H groups in total. The van der Waals surface area contributed by atoms with Gasteiger partial charge in [0.2, 0.25) is 0 Å². The van der Waals surface area contributed by atoms with E-state index in [2.05, 4.69) is 50.3 Å². The summed E-state index contributed by atoms with van der Waals surface area (Å²) in [5, 5.41) is 3.47. The molecule has 0 bridgehead atoms. The van der Waals surface area contributed by atoms with E-state index in [0.717, 1.165) is 18.8 Å². The molecule has 0 aliphatic rings. The van der Waals surface area contributed by atoms with Crippen molar-refractivity contribution in [3.63, 3.8) is 0 Å². The summed E-state index contributed by atoms with van der Waals surface area (Å²) in [5.41, 5.74) is 1.26. The van der Waals surface area contributed by atoms with Crippen LogP contribution in [0.3, 0.4) is 0 Å². The van der Waals surface area contributed by atoms with E-state index in [1.807, 2.05) is 12.1 Å². The molecule has 0 fully saturated rings. The Bertz CT molecular complexity index is 322. The zero-order valence-electron chi connectivity index (χ0n) is 12.1. The molecular weight excluding hydrogens is 224 g/mol. The lowest BCUT2D eigenvalue weighted by molar-refractivity contribution is 0.270. The molecule has 0 radical (unpaired) electrons. The lowest BCUT2D eigenvalue weighted by Gasteiger charge is -2.16. The van der Waals surface area contributed by atoms with Crippen LogP contribution in [-0.4, -0.2) is 44.7 Å². The summed E-state index contributed by atoms with van der Waals surface area (Å²) in [5.74, 6) is 0.947. The second-order valence-electron chi connectivity index (χ2n) is 5.14. The molecule has 0 amide bonds. The van der Waals surface area contributed by atoms with Crippen molar-refractivity contribution in [3.8, 4) is 5.75 Å². The molecule has 1 aromatic carbocycles. The van der Waals surface area contributed by atoms with E-state index in [4.69, 9.17) is 4.74 Å². The van der Waals surface area contributed by atoms with E-state index in [9.17, 15) is 0 Å². The van der Waals surface area contributed by atoms with Crippen LogP contribution in [0.5, 0.6) is 5.75 Å². The highest BCUT2D eigenvalue weighted by atomic mass is 16.5. The summed E-state index contributed by atoms with van der Waals surface area (Å²) in [6.45, 7) is 7.11. The van der Waals surface area contributed by atoms with Crippen LogP contribution < -0.4 is 10.1 Å². The van der Waals surface area contributed by atoms with Gasteiger partial charge < -0.3 is 15.0 Å². The van der Waals surface area contributed by atoms with Crippen LogP contribution in [-0.2, 0) is 0 Å². The molecule has 0 saturated heterocycles. The number of aryl methyl sites for hydroxylation is 1. The van der Waals surface area contributed by atoms with Crippen molar-refractivity contribution in [2.45, 2.75) is 26.3 Å². The van der Waals surface area contributed by atoms with Gasteiger partial charge in [0.25, 0.3) is 0 Å². The van der Waals surface area contributed by atoms with Gasteiger partial charge in [0, 0.05) is 6.04 Å². The Morgan fingerprint density at radius 3 is 2.50 bits per heavy atom. The fourth-order valence-corrected chi connectivity index (χ4v) is 1.66. The minimum Gasteiger partial charge on any atom is -0.492 e. The maximum absolute atomic E-state index is 5.73. The van der Waals surface area contributed by atoms with E-state index in [-0.39, 0.29) is 0 Å². The number of benzene rings is 1. The molecule has 0 heterocycles. The molecule has 3 heteroatoms. The molecule has 18 heavy (non-hydrogen) atoms. The highest BCUT2D eigenvalue weighted by molar-refractivity contribution is 5.26. The highest BCUT2D eigenvalue weighted by Gasteiger charge is 2.02. The van der Waals surface area contributed by atoms with E-state index in [0.29, 0.717) is 12.6 Å². The maximum atomic E-state index is 5.73. The van der Waals surface area contributed by atoms with Crippen molar-refractivity contribution in [1.82, 2.24) is 10.2 Å². The van der Waals surface area contributed by atoms with E-state index in [1.165, 1.54) is 12.0 Å². The van der Waals surface area contributed by atoms with Gasteiger partial charge in [-0.15, -0.1) is 0 Å². The Morgan fingerprint density at radius 2 is 1.89 bits per heavy atom. The number of rotatable bonds is 8. The lowest BCUT2D eigenvalue weighted by Crippen LogP contribution is -2.33. The number of ether oxygens (including phenoxy) is 1. The summed E-state index contributed by atoms with van der Waals surface area (Å²) < 4.78 is 5.73. The Kier molecular flexibility index (Phi) is 6.76. The zero-order chi connectivity index (χ0) is 13.4. The van der Waals surface area contributed by atoms with Gasteiger partial charge in [-0.3, -0.25) is 0 Å². The van der Waals surface area contributed by atoms with Gasteiger partial charge in [0.15, 0.2) is 0 Å². The van der Waals surface area contributed by atoms with E-state index >= 15 is 0 Å². The molecule has 0 saturated carbocycles. The van der Waals surface area contributed by atoms with Crippen molar-refractivity contribution >= 4 is 0 Å². The summed E-state index contributed by atoms with van der Waals surface area (Å²) in [4.78, 5) is 2.20. The second kappa shape index (κ2) is 8.11. The number of hydrogen-bond acceptors (Lipinski definition) is 3. The van der Waals surface area contributed by atoms with Crippen LogP contribution in [0.2, 0.25) is 0 Å². The molecule has 1 unspecified atom stereocenters. The van der Waals surface area contributed by atoms with Crippen LogP contribution in [0.1, 0.15) is 18.9 Å². The third kappa shape index (κ3) is 6.62. The molecular formula is C15H26N2O. The SMILES string of the molecule is Cc1ccc(OCC(C)NCCCN(C)C)cc1. The summed E-state index contributed by atoms with van der Waals surface area (Å²) in [7, 11) is 4.20. The van der Waals surface area contributed by atoms with Gasteiger partial charge in [0.1, 0.15) is 12.4 Å².